The number of hydrogen-bond donors (Lipinski definition) is 1. The summed E-state index contributed by atoms with van der Waals surface area (Å²) in [5.74, 6) is -2.29. The second-order valence-electron chi connectivity index (χ2n) is 12.4. The molecule has 2 unspecified atom stereocenters. The maximum absolute atomic E-state index is 14.5. The molecule has 3 fully saturated rings. The van der Waals surface area contributed by atoms with E-state index in [1.807, 2.05) is 51.1 Å². The Bertz CT molecular complexity index is 1140. The van der Waals surface area contributed by atoms with Crippen molar-refractivity contribution in [2.75, 3.05) is 26.2 Å². The van der Waals surface area contributed by atoms with E-state index in [0.717, 1.165) is 18.4 Å². The first-order valence-electron chi connectivity index (χ1n) is 15.1. The molecule has 0 saturated carbocycles. The summed E-state index contributed by atoms with van der Waals surface area (Å²) in [5.41, 5.74) is -1.03. The summed E-state index contributed by atoms with van der Waals surface area (Å²) in [6.07, 6.45) is 6.21. The molecule has 8 nitrogen and oxygen atoms in total. The number of amides is 3. The van der Waals surface area contributed by atoms with Crippen LogP contribution in [0.15, 0.2) is 55.6 Å². The number of likely N-dealkylation sites (tertiary alicyclic amines) is 1. The van der Waals surface area contributed by atoms with Gasteiger partial charge in [-0.3, -0.25) is 14.4 Å². The van der Waals surface area contributed by atoms with Crippen molar-refractivity contribution in [3.63, 3.8) is 0 Å². The van der Waals surface area contributed by atoms with Crippen molar-refractivity contribution in [2.45, 2.75) is 83.2 Å². The first kappa shape index (κ1) is 31.0. The molecule has 41 heavy (non-hydrogen) atoms. The van der Waals surface area contributed by atoms with Crippen LogP contribution in [-0.2, 0) is 25.7 Å². The third-order valence-electron chi connectivity index (χ3n) is 9.35. The number of carbonyl (C=O) groups is 3. The summed E-state index contributed by atoms with van der Waals surface area (Å²) in [6.45, 7) is 16.9. The summed E-state index contributed by atoms with van der Waals surface area (Å²) in [6, 6.07) is 8.26. The maximum atomic E-state index is 14.5. The largest absolute Gasteiger partial charge is 0.394 e. The molecule has 1 spiro atoms. The van der Waals surface area contributed by atoms with Crippen molar-refractivity contribution < 1.29 is 24.2 Å². The van der Waals surface area contributed by atoms with Gasteiger partial charge in [0.05, 0.1) is 30.1 Å². The molecule has 2 bridgehead atoms. The van der Waals surface area contributed by atoms with Crippen molar-refractivity contribution in [1.82, 2.24) is 14.7 Å². The average Bonchev–Trinajstić information content (AvgIpc) is 3.52. The highest BCUT2D eigenvalue weighted by molar-refractivity contribution is 5.99. The van der Waals surface area contributed by atoms with Gasteiger partial charge in [-0.1, -0.05) is 69.7 Å². The fraction of sp³-hybridized carbons (Fsp3) is 0.606. The number of rotatable bonds is 14. The van der Waals surface area contributed by atoms with E-state index in [-0.39, 0.29) is 30.2 Å². The van der Waals surface area contributed by atoms with E-state index < -0.39 is 35.1 Å². The molecule has 1 aromatic rings. The van der Waals surface area contributed by atoms with Gasteiger partial charge in [-0.25, -0.2) is 0 Å². The number of ether oxygens (including phenoxy) is 1. The van der Waals surface area contributed by atoms with Crippen molar-refractivity contribution in [2.24, 2.45) is 17.8 Å². The highest BCUT2D eigenvalue weighted by Gasteiger charge is 2.79. The Morgan fingerprint density at radius 2 is 1.78 bits per heavy atom. The molecule has 6 atom stereocenters. The van der Waals surface area contributed by atoms with Crippen LogP contribution in [-0.4, -0.2) is 87.1 Å². The van der Waals surface area contributed by atoms with Crippen LogP contribution in [0.3, 0.4) is 0 Å². The van der Waals surface area contributed by atoms with Crippen LogP contribution in [0.5, 0.6) is 0 Å². The fourth-order valence-electron chi connectivity index (χ4n) is 7.35. The van der Waals surface area contributed by atoms with Crippen LogP contribution in [0.2, 0.25) is 0 Å². The number of unbranched alkanes of at least 4 members (excludes halogenated alkanes) is 1. The Balaban J connectivity index is 1.79. The number of aliphatic hydroxyl groups is 1. The molecule has 1 aromatic carbocycles. The van der Waals surface area contributed by atoms with E-state index in [1.54, 1.807) is 26.9 Å². The van der Waals surface area contributed by atoms with E-state index in [4.69, 9.17) is 4.74 Å². The summed E-state index contributed by atoms with van der Waals surface area (Å²) in [5, 5.41) is 10.5. The van der Waals surface area contributed by atoms with Crippen molar-refractivity contribution in [3.05, 3.63) is 61.2 Å². The summed E-state index contributed by atoms with van der Waals surface area (Å²) >= 11 is 0. The van der Waals surface area contributed by atoms with E-state index in [9.17, 15) is 19.5 Å². The topological polar surface area (TPSA) is 90.4 Å². The smallest absolute Gasteiger partial charge is 0.248 e. The predicted molar refractivity (Wildman–Crippen MR) is 159 cm³/mol. The Morgan fingerprint density at radius 1 is 1.12 bits per heavy atom. The van der Waals surface area contributed by atoms with Gasteiger partial charge >= 0.3 is 0 Å². The summed E-state index contributed by atoms with van der Waals surface area (Å²) in [4.78, 5) is 48.5. The maximum Gasteiger partial charge on any atom is 0.248 e. The Labute approximate surface area is 245 Å². The zero-order valence-electron chi connectivity index (χ0n) is 25.1. The van der Waals surface area contributed by atoms with Crippen molar-refractivity contribution in [3.8, 4) is 0 Å². The number of carbonyl (C=O) groups excluding carboxylic acids is 3. The van der Waals surface area contributed by atoms with E-state index in [2.05, 4.69) is 20.1 Å². The molecule has 4 rings (SSSR count). The molecular weight excluding hydrogens is 518 g/mol. The van der Waals surface area contributed by atoms with E-state index >= 15 is 0 Å². The van der Waals surface area contributed by atoms with Gasteiger partial charge in [0.25, 0.3) is 0 Å². The highest BCUT2D eigenvalue weighted by atomic mass is 16.5. The normalized spacial score (nSPS) is 29.0. The van der Waals surface area contributed by atoms with Crippen LogP contribution in [0, 0.1) is 17.8 Å². The number of fused-ring (bicyclic) bond motifs is 1. The van der Waals surface area contributed by atoms with Crippen LogP contribution in [0.25, 0.3) is 0 Å². The minimum Gasteiger partial charge on any atom is -0.394 e. The molecule has 3 aliphatic heterocycles. The zero-order valence-corrected chi connectivity index (χ0v) is 25.1. The van der Waals surface area contributed by atoms with Gasteiger partial charge in [-0.05, 0) is 37.7 Å². The van der Waals surface area contributed by atoms with Crippen LogP contribution < -0.4 is 0 Å². The second kappa shape index (κ2) is 12.5. The van der Waals surface area contributed by atoms with Crippen molar-refractivity contribution in [1.29, 1.82) is 0 Å². The Hall–Kier alpha value is -2.97. The summed E-state index contributed by atoms with van der Waals surface area (Å²) in [7, 11) is 0. The van der Waals surface area contributed by atoms with E-state index in [0.29, 0.717) is 39.0 Å². The standard InChI is InChI=1S/C33H47N3O5/c1-7-10-20-34(18-8-2)31(40)28-33-17-16-32(6,41-33)26(27(33)30(39)36(28)25(22-37)23(4)5)29(38)35(19-9-3)21-24-14-12-11-13-15-24/h8-9,11-15,23,25-28,37H,2-3,7,10,16-22H2,1,4-6H3/t25-,26-,27-,28?,32+,33?/m0/s1. The number of benzene rings is 1. The van der Waals surface area contributed by atoms with Gasteiger partial charge in [0.15, 0.2) is 0 Å². The molecule has 0 aromatic heterocycles. The molecule has 0 aliphatic carbocycles. The number of hydrogen-bond acceptors (Lipinski definition) is 5. The lowest BCUT2D eigenvalue weighted by atomic mass is 9.66. The van der Waals surface area contributed by atoms with Gasteiger partial charge < -0.3 is 24.5 Å². The third kappa shape index (κ3) is 5.37. The lowest BCUT2D eigenvalue weighted by molar-refractivity contribution is -0.157. The SMILES string of the molecule is C=CCN(CCCC)C(=O)C1N([C@@H](CO)C(C)C)C(=O)[C@@H]2[C@@H](C(=O)N(CC=C)Cc3ccccc3)[C@@]3(C)CCC12O3. The van der Waals surface area contributed by atoms with Crippen LogP contribution in [0.1, 0.15) is 58.9 Å². The van der Waals surface area contributed by atoms with Crippen molar-refractivity contribution >= 4 is 17.7 Å². The number of nitrogens with zero attached hydrogens (tertiary/aromatic N) is 3. The quantitative estimate of drug-likeness (QED) is 0.347. The highest BCUT2D eigenvalue weighted by Crippen LogP contribution is 2.64. The third-order valence-corrected chi connectivity index (χ3v) is 9.35. The molecule has 3 heterocycles. The molecule has 1 N–H and O–H groups in total. The van der Waals surface area contributed by atoms with Crippen LogP contribution >= 0.6 is 0 Å². The Morgan fingerprint density at radius 3 is 2.37 bits per heavy atom. The minimum atomic E-state index is -1.14. The molecule has 8 heteroatoms. The average molecular weight is 566 g/mol. The molecular formula is C33H47N3O5. The van der Waals surface area contributed by atoms with Gasteiger partial charge in [0.2, 0.25) is 17.7 Å². The van der Waals surface area contributed by atoms with Gasteiger partial charge in [-0.2, -0.15) is 0 Å². The van der Waals surface area contributed by atoms with Crippen LogP contribution in [0.4, 0.5) is 0 Å². The van der Waals surface area contributed by atoms with Gasteiger partial charge in [0.1, 0.15) is 11.6 Å². The lowest BCUT2D eigenvalue weighted by Gasteiger charge is -2.40. The molecule has 224 valence electrons. The summed E-state index contributed by atoms with van der Waals surface area (Å²) < 4.78 is 6.83. The number of aliphatic hydroxyl groups excluding tert-OH is 1. The first-order valence-corrected chi connectivity index (χ1v) is 15.1. The molecule has 3 aliphatic rings. The second-order valence-corrected chi connectivity index (χ2v) is 12.4. The van der Waals surface area contributed by atoms with Gasteiger partial charge in [0, 0.05) is 26.2 Å². The zero-order chi connectivity index (χ0) is 29.9. The fourth-order valence-corrected chi connectivity index (χ4v) is 7.35. The molecule has 3 saturated heterocycles. The Kier molecular flexibility index (Phi) is 9.44. The van der Waals surface area contributed by atoms with E-state index in [1.165, 1.54) is 0 Å². The predicted octanol–water partition coefficient (Wildman–Crippen LogP) is 3.80. The van der Waals surface area contributed by atoms with Gasteiger partial charge in [-0.15, -0.1) is 13.2 Å². The monoisotopic (exact) mass is 565 g/mol. The molecule has 0 radical (unpaired) electrons. The minimum absolute atomic E-state index is 0.102. The molecule has 3 amide bonds. The lowest BCUT2D eigenvalue weighted by Crippen LogP contribution is -2.59. The first-order chi connectivity index (χ1) is 19.6.